The van der Waals surface area contributed by atoms with Crippen LogP contribution in [0.4, 0.5) is 0 Å². The smallest absolute Gasteiger partial charge is 0.326 e. The maximum atomic E-state index is 12.0. The van der Waals surface area contributed by atoms with Gasteiger partial charge in [0.25, 0.3) is 0 Å². The van der Waals surface area contributed by atoms with E-state index in [1.54, 1.807) is 0 Å². The van der Waals surface area contributed by atoms with Crippen molar-refractivity contribution in [3.05, 3.63) is 0 Å². The van der Waals surface area contributed by atoms with Crippen LogP contribution < -0.4 is 5.32 Å². The van der Waals surface area contributed by atoms with Gasteiger partial charge in [0.1, 0.15) is 6.04 Å². The summed E-state index contributed by atoms with van der Waals surface area (Å²) >= 11 is 0. The number of hydrogen-bond acceptors (Lipinski definition) is 5. The van der Waals surface area contributed by atoms with Crippen LogP contribution in [0.3, 0.4) is 0 Å². The first-order valence-electron chi connectivity index (χ1n) is 6.31. The van der Waals surface area contributed by atoms with Gasteiger partial charge in [-0.25, -0.2) is 17.5 Å². The van der Waals surface area contributed by atoms with E-state index in [1.165, 1.54) is 0 Å². The van der Waals surface area contributed by atoms with Crippen LogP contribution in [-0.4, -0.2) is 66.2 Å². The topological polar surface area (TPSA) is 141 Å². The molecule has 0 saturated carbocycles. The molecule has 0 aromatic carbocycles. The third kappa shape index (κ3) is 5.31. The highest BCUT2D eigenvalue weighted by Crippen LogP contribution is 2.19. The van der Waals surface area contributed by atoms with Gasteiger partial charge in [-0.3, -0.25) is 9.59 Å². The summed E-state index contributed by atoms with van der Waals surface area (Å²) in [5.41, 5.74) is 0. The Bertz CT molecular complexity index is 531. The lowest BCUT2D eigenvalue weighted by atomic mass is 9.98. The van der Waals surface area contributed by atoms with E-state index in [4.69, 9.17) is 10.2 Å². The van der Waals surface area contributed by atoms with Crippen molar-refractivity contribution in [3.8, 4) is 0 Å². The zero-order valence-corrected chi connectivity index (χ0v) is 12.3. The molecule has 1 fully saturated rings. The molecule has 3 N–H and O–H groups in total. The number of hydrogen-bond donors (Lipinski definition) is 3. The van der Waals surface area contributed by atoms with Gasteiger partial charge in [0.2, 0.25) is 15.9 Å². The molecule has 1 aliphatic rings. The Balaban J connectivity index is 2.69. The molecule has 0 bridgehead atoms. The molecule has 0 aliphatic carbocycles. The molecule has 0 radical (unpaired) electrons. The molecule has 0 spiro atoms. The first kappa shape index (κ1) is 17.4. The van der Waals surface area contributed by atoms with Crippen LogP contribution in [0.25, 0.3) is 0 Å². The third-order valence-electron chi connectivity index (χ3n) is 3.22. The second kappa shape index (κ2) is 6.85. The zero-order valence-electron chi connectivity index (χ0n) is 11.5. The van der Waals surface area contributed by atoms with Gasteiger partial charge in [-0.15, -0.1) is 0 Å². The molecule has 1 heterocycles. The number of carboxylic acids is 2. The van der Waals surface area contributed by atoms with E-state index in [0.29, 0.717) is 19.4 Å². The number of amides is 1. The monoisotopic (exact) mass is 322 g/mol. The van der Waals surface area contributed by atoms with E-state index in [-0.39, 0.29) is 6.54 Å². The van der Waals surface area contributed by atoms with E-state index >= 15 is 0 Å². The van der Waals surface area contributed by atoms with E-state index in [0.717, 1.165) is 10.6 Å². The Morgan fingerprint density at radius 2 is 1.95 bits per heavy atom. The average molecular weight is 322 g/mol. The number of aliphatic carboxylic acids is 2. The van der Waals surface area contributed by atoms with Crippen molar-refractivity contribution in [2.75, 3.05) is 19.3 Å². The van der Waals surface area contributed by atoms with Gasteiger partial charge < -0.3 is 15.5 Å². The standard InChI is InChI=1S/C11H18N2O7S/c1-21(19,20)13-4-2-3-7(6-13)10(16)12-8(11(17)18)5-9(14)15/h7-8H,2-6H2,1H3,(H,12,16)(H,14,15)(H,17,18)/t7?,8-/m1/s1. The van der Waals surface area contributed by atoms with Gasteiger partial charge in [-0.2, -0.15) is 0 Å². The lowest BCUT2D eigenvalue weighted by molar-refractivity contribution is -0.147. The van der Waals surface area contributed by atoms with Crippen molar-refractivity contribution < 1.29 is 33.0 Å². The van der Waals surface area contributed by atoms with E-state index in [1.807, 2.05) is 0 Å². The number of piperidine rings is 1. The molecule has 1 aliphatic heterocycles. The Morgan fingerprint density at radius 1 is 1.33 bits per heavy atom. The maximum Gasteiger partial charge on any atom is 0.326 e. The highest BCUT2D eigenvalue weighted by Gasteiger charge is 2.32. The first-order chi connectivity index (χ1) is 9.61. The minimum Gasteiger partial charge on any atom is -0.481 e. The van der Waals surface area contributed by atoms with Crippen LogP contribution in [0, 0.1) is 5.92 Å². The van der Waals surface area contributed by atoms with Gasteiger partial charge in [0, 0.05) is 13.1 Å². The summed E-state index contributed by atoms with van der Waals surface area (Å²) in [6.07, 6.45) is 1.22. The summed E-state index contributed by atoms with van der Waals surface area (Å²) < 4.78 is 24.1. The molecule has 9 nitrogen and oxygen atoms in total. The number of nitrogens with one attached hydrogen (secondary N) is 1. The number of nitrogens with zero attached hydrogens (tertiary/aromatic N) is 1. The normalized spacial score (nSPS) is 21.5. The highest BCUT2D eigenvalue weighted by atomic mass is 32.2. The Morgan fingerprint density at radius 3 is 2.43 bits per heavy atom. The molecule has 1 amide bonds. The summed E-state index contributed by atoms with van der Waals surface area (Å²) in [6.45, 7) is 0.296. The summed E-state index contributed by atoms with van der Waals surface area (Å²) in [6, 6.07) is -1.52. The average Bonchev–Trinajstić information content (AvgIpc) is 2.36. The second-order valence-corrected chi connectivity index (χ2v) is 6.94. The number of sulfonamides is 1. The highest BCUT2D eigenvalue weighted by molar-refractivity contribution is 7.88. The molecule has 0 aromatic heterocycles. The van der Waals surface area contributed by atoms with Crippen LogP contribution >= 0.6 is 0 Å². The van der Waals surface area contributed by atoms with Crippen LogP contribution in [0.15, 0.2) is 0 Å². The van der Waals surface area contributed by atoms with Gasteiger partial charge in [0.05, 0.1) is 18.6 Å². The minimum atomic E-state index is -3.41. The molecular weight excluding hydrogens is 304 g/mol. The van der Waals surface area contributed by atoms with Crippen LogP contribution in [0.5, 0.6) is 0 Å². The van der Waals surface area contributed by atoms with E-state index in [9.17, 15) is 22.8 Å². The van der Waals surface area contributed by atoms with Crippen molar-refractivity contribution in [2.24, 2.45) is 5.92 Å². The second-order valence-electron chi connectivity index (χ2n) is 4.96. The molecule has 0 aromatic rings. The minimum absolute atomic E-state index is 0.0237. The number of rotatable bonds is 6. The van der Waals surface area contributed by atoms with Crippen molar-refractivity contribution in [2.45, 2.75) is 25.3 Å². The quantitative estimate of drug-likeness (QED) is 0.552. The van der Waals surface area contributed by atoms with Crippen LogP contribution in [0.2, 0.25) is 0 Å². The first-order valence-corrected chi connectivity index (χ1v) is 8.16. The lowest BCUT2D eigenvalue weighted by Crippen LogP contribution is -2.49. The van der Waals surface area contributed by atoms with Crippen molar-refractivity contribution in [1.82, 2.24) is 9.62 Å². The predicted octanol–water partition coefficient (Wildman–Crippen LogP) is -1.30. The van der Waals surface area contributed by atoms with Crippen LogP contribution in [0.1, 0.15) is 19.3 Å². The fourth-order valence-electron chi connectivity index (χ4n) is 2.12. The van der Waals surface area contributed by atoms with Crippen molar-refractivity contribution >= 4 is 27.9 Å². The molecule has 21 heavy (non-hydrogen) atoms. The Kier molecular flexibility index (Phi) is 5.67. The van der Waals surface area contributed by atoms with E-state index in [2.05, 4.69) is 5.32 Å². The van der Waals surface area contributed by atoms with Crippen molar-refractivity contribution in [1.29, 1.82) is 0 Å². The van der Waals surface area contributed by atoms with Gasteiger partial charge in [-0.1, -0.05) is 0 Å². The van der Waals surface area contributed by atoms with Gasteiger partial charge in [0.15, 0.2) is 0 Å². The van der Waals surface area contributed by atoms with Crippen molar-refractivity contribution in [3.63, 3.8) is 0 Å². The lowest BCUT2D eigenvalue weighted by Gasteiger charge is -2.30. The van der Waals surface area contributed by atoms with Crippen LogP contribution in [-0.2, 0) is 24.4 Å². The molecular formula is C11H18N2O7S. The predicted molar refractivity (Wildman–Crippen MR) is 71.0 cm³/mol. The van der Waals surface area contributed by atoms with Gasteiger partial charge in [-0.05, 0) is 12.8 Å². The molecule has 10 heteroatoms. The third-order valence-corrected chi connectivity index (χ3v) is 4.49. The SMILES string of the molecule is CS(=O)(=O)N1CCCC(C(=O)N[C@H](CC(=O)O)C(=O)O)C1. The number of carbonyl (C=O) groups is 3. The molecule has 1 rings (SSSR count). The summed E-state index contributed by atoms with van der Waals surface area (Å²) in [5, 5.41) is 19.6. The summed E-state index contributed by atoms with van der Waals surface area (Å²) in [4.78, 5) is 33.4. The number of carboxylic acid groups (broad SMARTS) is 2. The largest absolute Gasteiger partial charge is 0.481 e. The number of carbonyl (C=O) groups excluding carboxylic acids is 1. The zero-order chi connectivity index (χ0) is 16.2. The maximum absolute atomic E-state index is 12.0. The fourth-order valence-corrected chi connectivity index (χ4v) is 3.03. The fraction of sp³-hybridized carbons (Fsp3) is 0.727. The molecule has 2 atom stereocenters. The van der Waals surface area contributed by atoms with E-state index < -0.39 is 46.2 Å². The molecule has 120 valence electrons. The summed E-state index contributed by atoms with van der Waals surface area (Å²) in [5.74, 6) is -4.10. The molecule has 1 unspecified atom stereocenters. The molecule has 1 saturated heterocycles. The Hall–Kier alpha value is -1.68. The summed E-state index contributed by atoms with van der Waals surface area (Å²) in [7, 11) is -3.41. The van der Waals surface area contributed by atoms with Gasteiger partial charge >= 0.3 is 11.9 Å². The Labute approximate surface area is 122 Å².